The second kappa shape index (κ2) is 16.6. The maximum Gasteiger partial charge on any atom is 0.344 e. The lowest BCUT2D eigenvalue weighted by molar-refractivity contribution is -0.184. The van der Waals surface area contributed by atoms with Crippen LogP contribution in [0.3, 0.4) is 0 Å². The number of carbonyl (C=O) groups is 4. The number of hydrogen-bond acceptors (Lipinski definition) is 8. The van der Waals surface area contributed by atoms with Gasteiger partial charge >= 0.3 is 23.9 Å². The van der Waals surface area contributed by atoms with E-state index in [4.69, 9.17) is 18.9 Å². The van der Waals surface area contributed by atoms with Gasteiger partial charge in [-0.1, -0.05) is 66.2 Å². The summed E-state index contributed by atoms with van der Waals surface area (Å²) in [6.45, 7) is 22.8. The lowest BCUT2D eigenvalue weighted by Crippen LogP contribution is -2.48. The summed E-state index contributed by atoms with van der Waals surface area (Å²) in [4.78, 5) is 48.1. The summed E-state index contributed by atoms with van der Waals surface area (Å²) in [6.07, 6.45) is 13.9. The fourth-order valence-corrected chi connectivity index (χ4v) is 6.33. The number of esters is 4. The molecule has 0 amide bonds. The Hall–Kier alpha value is -2.12. The fourth-order valence-electron chi connectivity index (χ4n) is 6.33. The van der Waals surface area contributed by atoms with E-state index in [2.05, 4.69) is 13.8 Å². The van der Waals surface area contributed by atoms with Crippen LogP contribution in [-0.2, 0) is 38.1 Å². The van der Waals surface area contributed by atoms with E-state index in [1.165, 1.54) is 38.5 Å². The number of rotatable bonds is 13. The van der Waals surface area contributed by atoms with E-state index in [0.29, 0.717) is 12.8 Å². The molecule has 2 aliphatic carbocycles. The van der Waals surface area contributed by atoms with Crippen molar-refractivity contribution in [2.24, 2.45) is 21.7 Å². The first-order valence-corrected chi connectivity index (χ1v) is 17.4. The molecule has 0 bridgehead atoms. The van der Waals surface area contributed by atoms with E-state index < -0.39 is 34.0 Å². The molecule has 0 aromatic carbocycles. The predicted octanol–water partition coefficient (Wildman–Crippen LogP) is 8.91. The summed E-state index contributed by atoms with van der Waals surface area (Å²) in [5.74, 6) is -1.61. The molecule has 0 aromatic rings. The standard InChI is InChI=1S/C19H34O4.C18H32O4/c1-7-17(3,4)16(21)22-14-15(20)23-18(5,6)19(8-2)12-10-9-11-13-19;1-7-16(2,3)15(20)21-13-14(19)22-17(4,5)18(6)11-9-8-10-12-18/h7-14H2,1-6H3;7-13H2,1-6H3. The van der Waals surface area contributed by atoms with Crippen molar-refractivity contribution in [3.05, 3.63) is 0 Å². The second-order valence-electron chi connectivity index (χ2n) is 15.9. The molecule has 8 heteroatoms. The molecule has 2 aliphatic rings. The van der Waals surface area contributed by atoms with Crippen LogP contribution in [0.1, 0.15) is 167 Å². The first kappa shape index (κ1) is 40.9. The number of carbonyl (C=O) groups excluding carboxylic acids is 4. The largest absolute Gasteiger partial charge is 0.457 e. The van der Waals surface area contributed by atoms with E-state index in [9.17, 15) is 19.2 Å². The van der Waals surface area contributed by atoms with Gasteiger partial charge in [0.05, 0.1) is 10.8 Å². The highest BCUT2D eigenvalue weighted by Crippen LogP contribution is 2.49. The molecule has 0 N–H and O–H groups in total. The zero-order chi connectivity index (χ0) is 34.7. The first-order chi connectivity index (χ1) is 20.6. The molecule has 2 rings (SSSR count). The maximum atomic E-state index is 12.2. The third kappa shape index (κ3) is 11.3. The molecule has 0 saturated heterocycles. The van der Waals surface area contributed by atoms with Crippen molar-refractivity contribution in [2.75, 3.05) is 13.2 Å². The van der Waals surface area contributed by atoms with Crippen molar-refractivity contribution in [3.8, 4) is 0 Å². The summed E-state index contributed by atoms with van der Waals surface area (Å²) in [5.41, 5.74) is -2.18. The van der Waals surface area contributed by atoms with Gasteiger partial charge in [0.2, 0.25) is 0 Å². The van der Waals surface area contributed by atoms with Crippen LogP contribution in [-0.4, -0.2) is 48.3 Å². The molecule has 2 saturated carbocycles. The summed E-state index contributed by atoms with van der Waals surface area (Å²) in [7, 11) is 0. The third-order valence-corrected chi connectivity index (χ3v) is 11.4. The van der Waals surface area contributed by atoms with Crippen LogP contribution < -0.4 is 0 Å². The van der Waals surface area contributed by atoms with Gasteiger partial charge in [-0.15, -0.1) is 0 Å². The quantitative estimate of drug-likeness (QED) is 0.145. The highest BCUT2D eigenvalue weighted by atomic mass is 16.6. The maximum absolute atomic E-state index is 12.2. The van der Waals surface area contributed by atoms with Gasteiger partial charge in [0, 0.05) is 10.8 Å². The SMILES string of the molecule is CCC(C)(C)C(=O)OCC(=O)OC(C)(C)C1(C)CCCCC1.CCC(C)(C)C(=O)OCC(=O)OC(C)(C)C1(CC)CCCCC1. The van der Waals surface area contributed by atoms with Gasteiger partial charge < -0.3 is 18.9 Å². The van der Waals surface area contributed by atoms with E-state index in [-0.39, 0.29) is 36.0 Å². The van der Waals surface area contributed by atoms with E-state index in [1.807, 2.05) is 69.2 Å². The average molecular weight is 639 g/mol. The highest BCUT2D eigenvalue weighted by molar-refractivity contribution is 5.80. The van der Waals surface area contributed by atoms with E-state index in [1.54, 1.807) is 0 Å². The molecule has 0 atom stereocenters. The third-order valence-electron chi connectivity index (χ3n) is 11.4. The summed E-state index contributed by atoms with van der Waals surface area (Å²) >= 11 is 0. The molecule has 8 nitrogen and oxygen atoms in total. The fraction of sp³-hybridized carbons (Fsp3) is 0.892. The number of ether oxygens (including phenoxy) is 4. The first-order valence-electron chi connectivity index (χ1n) is 17.4. The van der Waals surface area contributed by atoms with E-state index in [0.717, 1.165) is 32.1 Å². The number of hydrogen-bond donors (Lipinski definition) is 0. The molecular formula is C37H66O8. The Labute approximate surface area is 274 Å². The molecule has 45 heavy (non-hydrogen) atoms. The van der Waals surface area contributed by atoms with E-state index >= 15 is 0 Å². The van der Waals surface area contributed by atoms with Crippen molar-refractivity contribution in [1.82, 2.24) is 0 Å². The Morgan fingerprint density at radius 2 is 0.911 bits per heavy atom. The zero-order valence-corrected chi connectivity index (χ0v) is 30.9. The van der Waals surface area contributed by atoms with Crippen LogP contribution in [0.2, 0.25) is 0 Å². The Kier molecular flexibility index (Phi) is 15.1. The minimum absolute atomic E-state index is 0.00634. The van der Waals surface area contributed by atoms with Crippen molar-refractivity contribution in [2.45, 2.75) is 178 Å². The van der Waals surface area contributed by atoms with Crippen molar-refractivity contribution >= 4 is 23.9 Å². The van der Waals surface area contributed by atoms with Gasteiger partial charge in [-0.25, -0.2) is 9.59 Å². The molecule has 2 fully saturated rings. The minimum atomic E-state index is -0.566. The molecule has 0 radical (unpaired) electrons. The van der Waals surface area contributed by atoms with Crippen LogP contribution in [0, 0.1) is 21.7 Å². The molecule has 0 heterocycles. The molecule has 0 aromatic heterocycles. The Bertz CT molecular complexity index is 978. The van der Waals surface area contributed by atoms with Crippen LogP contribution >= 0.6 is 0 Å². The average Bonchev–Trinajstić information content (AvgIpc) is 2.98. The second-order valence-corrected chi connectivity index (χ2v) is 15.9. The monoisotopic (exact) mass is 638 g/mol. The summed E-state index contributed by atoms with van der Waals surface area (Å²) in [5, 5.41) is 0. The highest BCUT2D eigenvalue weighted by Gasteiger charge is 2.47. The molecule has 0 aliphatic heterocycles. The zero-order valence-electron chi connectivity index (χ0n) is 30.9. The molecule has 262 valence electrons. The van der Waals surface area contributed by atoms with Crippen LogP contribution in [0.15, 0.2) is 0 Å². The molecule has 0 spiro atoms. The molecule has 0 unspecified atom stereocenters. The van der Waals surface area contributed by atoms with Gasteiger partial charge in [-0.2, -0.15) is 0 Å². The lowest BCUT2D eigenvalue weighted by Gasteiger charge is -2.48. The van der Waals surface area contributed by atoms with Crippen LogP contribution in [0.25, 0.3) is 0 Å². The summed E-state index contributed by atoms with van der Waals surface area (Å²) in [6, 6.07) is 0. The van der Waals surface area contributed by atoms with Gasteiger partial charge in [-0.05, 0) is 100 Å². The minimum Gasteiger partial charge on any atom is -0.457 e. The summed E-state index contributed by atoms with van der Waals surface area (Å²) < 4.78 is 21.7. The Balaban J connectivity index is 0.000000450. The van der Waals surface area contributed by atoms with Gasteiger partial charge in [0.1, 0.15) is 11.2 Å². The smallest absolute Gasteiger partial charge is 0.344 e. The van der Waals surface area contributed by atoms with Crippen molar-refractivity contribution in [3.63, 3.8) is 0 Å². The van der Waals surface area contributed by atoms with Gasteiger partial charge in [0.25, 0.3) is 0 Å². The normalized spacial score (nSPS) is 18.5. The Morgan fingerprint density at radius 1 is 0.556 bits per heavy atom. The van der Waals surface area contributed by atoms with Gasteiger partial charge in [-0.3, -0.25) is 9.59 Å². The topological polar surface area (TPSA) is 105 Å². The lowest BCUT2D eigenvalue weighted by atomic mass is 9.63. The van der Waals surface area contributed by atoms with Gasteiger partial charge in [0.15, 0.2) is 13.2 Å². The van der Waals surface area contributed by atoms with Crippen LogP contribution in [0.5, 0.6) is 0 Å². The Morgan fingerprint density at radius 3 is 1.27 bits per heavy atom. The predicted molar refractivity (Wildman–Crippen MR) is 177 cm³/mol. The molecular weight excluding hydrogens is 572 g/mol. The van der Waals surface area contributed by atoms with Crippen molar-refractivity contribution in [1.29, 1.82) is 0 Å². The van der Waals surface area contributed by atoms with Crippen LogP contribution in [0.4, 0.5) is 0 Å². The van der Waals surface area contributed by atoms with Crippen molar-refractivity contribution < 1.29 is 38.1 Å².